The number of carbonyl (C=O) groups excluding carboxylic acids is 1. The Labute approximate surface area is 163 Å². The molecule has 0 fully saturated rings. The number of hydrogen-bond acceptors (Lipinski definition) is 4. The van der Waals surface area contributed by atoms with Gasteiger partial charge in [0, 0.05) is 34.3 Å². The molecule has 0 spiro atoms. The highest BCUT2D eigenvalue weighted by Crippen LogP contribution is 2.24. The fourth-order valence-electron chi connectivity index (χ4n) is 2.81. The van der Waals surface area contributed by atoms with Crippen molar-refractivity contribution in [3.05, 3.63) is 79.6 Å². The van der Waals surface area contributed by atoms with Crippen molar-refractivity contribution < 1.29 is 19.8 Å². The highest BCUT2D eigenvalue weighted by molar-refractivity contribution is 6.37. The summed E-state index contributed by atoms with van der Waals surface area (Å²) in [5, 5.41) is 19.1. The van der Waals surface area contributed by atoms with Crippen molar-refractivity contribution in [1.82, 2.24) is 4.57 Å². The summed E-state index contributed by atoms with van der Waals surface area (Å²) in [7, 11) is 0. The van der Waals surface area contributed by atoms with Gasteiger partial charge in [0.25, 0.3) is 0 Å². The molecule has 0 unspecified atom stereocenters. The van der Waals surface area contributed by atoms with Gasteiger partial charge in [-0.1, -0.05) is 23.2 Å². The smallest absolute Gasteiger partial charge is 0.341 e. The van der Waals surface area contributed by atoms with Crippen LogP contribution < -0.4 is 5.43 Å². The molecule has 3 rings (SSSR count). The van der Waals surface area contributed by atoms with Crippen LogP contribution in [0.15, 0.2) is 47.4 Å². The van der Waals surface area contributed by atoms with Crippen LogP contribution in [0.1, 0.15) is 26.3 Å². The van der Waals surface area contributed by atoms with Crippen LogP contribution >= 0.6 is 23.2 Å². The van der Waals surface area contributed by atoms with Crippen LogP contribution in [-0.2, 0) is 6.54 Å². The first kappa shape index (κ1) is 19.1. The van der Waals surface area contributed by atoms with E-state index in [2.05, 4.69) is 0 Å². The molecule has 27 heavy (non-hydrogen) atoms. The second-order valence-corrected chi connectivity index (χ2v) is 6.62. The average Bonchev–Trinajstić information content (AvgIpc) is 2.63. The molecular weight excluding hydrogens is 393 g/mol. The van der Waals surface area contributed by atoms with Crippen LogP contribution in [0.5, 0.6) is 0 Å². The normalized spacial score (nSPS) is 10.9. The molecule has 8 heteroatoms. The molecule has 2 aromatic carbocycles. The number of carboxylic acids is 1. The molecule has 1 heterocycles. The van der Waals surface area contributed by atoms with Crippen LogP contribution in [0.4, 0.5) is 0 Å². The SMILES string of the molecule is O=C(c1ccc2c(c1)c(=O)c(C(=O)O)cn2CCO)c1ccc(Cl)cc1Cl. The van der Waals surface area contributed by atoms with E-state index in [9.17, 15) is 24.6 Å². The predicted octanol–water partition coefficient (Wildman–Crippen LogP) is 3.23. The number of aliphatic hydroxyl groups is 1. The van der Waals surface area contributed by atoms with Gasteiger partial charge >= 0.3 is 5.97 Å². The van der Waals surface area contributed by atoms with Crippen LogP contribution in [-0.4, -0.2) is 33.1 Å². The van der Waals surface area contributed by atoms with Crippen molar-refractivity contribution >= 4 is 45.9 Å². The fraction of sp³-hybridized carbons (Fsp3) is 0.105. The van der Waals surface area contributed by atoms with E-state index in [4.69, 9.17) is 23.2 Å². The number of benzene rings is 2. The quantitative estimate of drug-likeness (QED) is 0.635. The summed E-state index contributed by atoms with van der Waals surface area (Å²) in [5.41, 5.74) is -0.334. The largest absolute Gasteiger partial charge is 0.477 e. The van der Waals surface area contributed by atoms with Gasteiger partial charge in [0.05, 0.1) is 17.1 Å². The molecule has 6 nitrogen and oxygen atoms in total. The molecule has 0 bridgehead atoms. The number of pyridine rings is 1. The van der Waals surface area contributed by atoms with Crippen molar-refractivity contribution in [2.75, 3.05) is 6.61 Å². The Morgan fingerprint density at radius 2 is 1.78 bits per heavy atom. The zero-order valence-corrected chi connectivity index (χ0v) is 15.3. The summed E-state index contributed by atoms with van der Waals surface area (Å²) in [4.78, 5) is 36.7. The van der Waals surface area contributed by atoms with Crippen LogP contribution in [0.3, 0.4) is 0 Å². The third kappa shape index (κ3) is 3.60. The number of halogens is 2. The number of fused-ring (bicyclic) bond motifs is 1. The lowest BCUT2D eigenvalue weighted by molar-refractivity contribution is 0.0694. The Hall–Kier alpha value is -2.67. The maximum absolute atomic E-state index is 12.8. The van der Waals surface area contributed by atoms with Gasteiger partial charge < -0.3 is 14.8 Å². The summed E-state index contributed by atoms with van der Waals surface area (Å²) in [5.74, 6) is -1.81. The molecule has 0 atom stereocenters. The zero-order chi connectivity index (χ0) is 19.7. The number of nitrogens with zero attached hydrogens (tertiary/aromatic N) is 1. The molecule has 0 saturated carbocycles. The van der Waals surface area contributed by atoms with Crippen molar-refractivity contribution in [1.29, 1.82) is 0 Å². The van der Waals surface area contributed by atoms with Gasteiger partial charge in [-0.05, 0) is 36.4 Å². The molecule has 0 aliphatic heterocycles. The molecule has 0 aliphatic rings. The number of aliphatic hydroxyl groups excluding tert-OH is 1. The van der Waals surface area contributed by atoms with E-state index in [1.54, 1.807) is 0 Å². The standard InChI is InChI=1S/C19H13Cl2NO5/c20-11-2-3-12(15(21)8-11)17(24)10-1-4-16-13(7-10)18(25)14(19(26)27)9-22(16)5-6-23/h1-4,7-9,23H,5-6H2,(H,26,27). The summed E-state index contributed by atoms with van der Waals surface area (Å²) >= 11 is 11.9. The first-order chi connectivity index (χ1) is 12.8. The lowest BCUT2D eigenvalue weighted by Crippen LogP contribution is -2.20. The van der Waals surface area contributed by atoms with E-state index >= 15 is 0 Å². The predicted molar refractivity (Wildman–Crippen MR) is 102 cm³/mol. The minimum atomic E-state index is -1.38. The number of ketones is 1. The maximum Gasteiger partial charge on any atom is 0.341 e. The molecule has 0 aliphatic carbocycles. The molecule has 1 aromatic heterocycles. The van der Waals surface area contributed by atoms with E-state index in [-0.39, 0.29) is 34.7 Å². The number of hydrogen-bond donors (Lipinski definition) is 2. The highest BCUT2D eigenvalue weighted by atomic mass is 35.5. The molecule has 3 aromatic rings. The first-order valence-electron chi connectivity index (χ1n) is 7.84. The van der Waals surface area contributed by atoms with Crippen molar-refractivity contribution in [3.8, 4) is 0 Å². The van der Waals surface area contributed by atoms with E-state index in [0.717, 1.165) is 0 Å². The van der Waals surface area contributed by atoms with Crippen LogP contribution in [0.2, 0.25) is 10.0 Å². The van der Waals surface area contributed by atoms with Gasteiger partial charge in [-0.15, -0.1) is 0 Å². The third-order valence-electron chi connectivity index (χ3n) is 4.09. The van der Waals surface area contributed by atoms with Crippen molar-refractivity contribution in [2.24, 2.45) is 0 Å². The van der Waals surface area contributed by atoms with Gasteiger partial charge in [-0.2, -0.15) is 0 Å². The van der Waals surface area contributed by atoms with Crippen molar-refractivity contribution in [3.63, 3.8) is 0 Å². The topological polar surface area (TPSA) is 96.6 Å². The van der Waals surface area contributed by atoms with Crippen molar-refractivity contribution in [2.45, 2.75) is 6.54 Å². The molecular formula is C19H13Cl2NO5. The van der Waals surface area contributed by atoms with Crippen LogP contribution in [0.25, 0.3) is 10.9 Å². The third-order valence-corrected chi connectivity index (χ3v) is 4.64. The van der Waals surface area contributed by atoms with E-state index in [1.165, 1.54) is 47.2 Å². The molecule has 2 N–H and O–H groups in total. The monoisotopic (exact) mass is 405 g/mol. The highest BCUT2D eigenvalue weighted by Gasteiger charge is 2.18. The van der Waals surface area contributed by atoms with Gasteiger partial charge in [-0.3, -0.25) is 9.59 Å². The lowest BCUT2D eigenvalue weighted by Gasteiger charge is -2.12. The van der Waals surface area contributed by atoms with Gasteiger partial charge in [-0.25, -0.2) is 4.79 Å². The summed E-state index contributed by atoms with van der Waals surface area (Å²) in [6.07, 6.45) is 1.18. The number of carbonyl (C=O) groups is 2. The number of aromatic nitrogens is 1. The second kappa shape index (κ2) is 7.52. The fourth-order valence-corrected chi connectivity index (χ4v) is 3.31. The van der Waals surface area contributed by atoms with Gasteiger partial charge in [0.2, 0.25) is 5.43 Å². The molecule has 138 valence electrons. The Balaban J connectivity index is 2.22. The Morgan fingerprint density at radius 3 is 2.41 bits per heavy atom. The van der Waals surface area contributed by atoms with E-state index < -0.39 is 22.7 Å². The minimum absolute atomic E-state index is 0.0688. The summed E-state index contributed by atoms with van der Waals surface area (Å²) < 4.78 is 1.46. The zero-order valence-electron chi connectivity index (χ0n) is 13.8. The van der Waals surface area contributed by atoms with Gasteiger partial charge in [0.15, 0.2) is 5.78 Å². The van der Waals surface area contributed by atoms with E-state index in [0.29, 0.717) is 10.5 Å². The minimum Gasteiger partial charge on any atom is -0.477 e. The summed E-state index contributed by atoms with van der Waals surface area (Å²) in [6.45, 7) is -0.133. The van der Waals surface area contributed by atoms with Crippen LogP contribution in [0, 0.1) is 0 Å². The lowest BCUT2D eigenvalue weighted by atomic mass is 10.0. The van der Waals surface area contributed by atoms with Gasteiger partial charge in [0.1, 0.15) is 5.56 Å². The average molecular weight is 406 g/mol. The molecule has 0 saturated heterocycles. The Kier molecular flexibility index (Phi) is 5.32. The molecule has 0 radical (unpaired) electrons. The van der Waals surface area contributed by atoms with E-state index in [1.807, 2.05) is 0 Å². The Morgan fingerprint density at radius 1 is 1.04 bits per heavy atom. The summed E-state index contributed by atoms with van der Waals surface area (Å²) in [6, 6.07) is 8.84. The first-order valence-corrected chi connectivity index (χ1v) is 8.60. The second-order valence-electron chi connectivity index (χ2n) is 5.78. The number of aromatic carboxylic acids is 1. The number of rotatable bonds is 5. The molecule has 0 amide bonds. The Bertz CT molecular complexity index is 1140. The maximum atomic E-state index is 12.8. The number of carboxylic acid groups (broad SMARTS) is 1.